The zero-order valence-corrected chi connectivity index (χ0v) is 16.1. The van der Waals surface area contributed by atoms with E-state index >= 15 is 0 Å². The number of carbonyl (C=O) groups excluding carboxylic acids is 1. The van der Waals surface area contributed by atoms with Crippen molar-refractivity contribution in [2.45, 2.75) is 32.4 Å². The molecule has 1 aromatic heterocycles. The maximum absolute atomic E-state index is 12.8. The Hall–Kier alpha value is -1.73. The highest BCUT2D eigenvalue weighted by Crippen LogP contribution is 2.44. The Labute approximate surface area is 157 Å². The van der Waals surface area contributed by atoms with Gasteiger partial charge in [0.05, 0.1) is 5.56 Å². The van der Waals surface area contributed by atoms with Crippen LogP contribution < -0.4 is 20.1 Å². The molecule has 130 valence electrons. The Morgan fingerprint density at radius 2 is 2.04 bits per heavy atom. The number of hydrogen-bond acceptors (Lipinski definition) is 5. The zero-order valence-electron chi connectivity index (χ0n) is 13.6. The van der Waals surface area contributed by atoms with Gasteiger partial charge in [-0.3, -0.25) is 4.79 Å². The lowest BCUT2D eigenvalue weighted by Crippen LogP contribution is -2.38. The molecule has 1 aliphatic carbocycles. The highest BCUT2D eigenvalue weighted by Gasteiger charge is 2.34. The lowest BCUT2D eigenvalue weighted by molar-refractivity contribution is 0.0935. The van der Waals surface area contributed by atoms with Crippen molar-refractivity contribution in [3.63, 3.8) is 0 Å². The van der Waals surface area contributed by atoms with Crippen LogP contribution in [0.4, 0.5) is 5.00 Å². The van der Waals surface area contributed by atoms with Crippen molar-refractivity contribution >= 4 is 38.2 Å². The molecule has 0 radical (unpaired) electrons. The fourth-order valence-electron chi connectivity index (χ4n) is 3.77. The molecule has 0 saturated heterocycles. The van der Waals surface area contributed by atoms with Gasteiger partial charge in [0.15, 0.2) is 11.5 Å². The summed E-state index contributed by atoms with van der Waals surface area (Å²) in [6.07, 6.45) is 2.93. The Kier molecular flexibility index (Phi) is 3.50. The van der Waals surface area contributed by atoms with Gasteiger partial charge in [0.25, 0.3) is 5.91 Å². The predicted molar refractivity (Wildman–Crippen MR) is 99.6 cm³/mol. The first-order chi connectivity index (χ1) is 12.1. The third kappa shape index (κ3) is 2.44. The number of nitrogens with one attached hydrogen (secondary N) is 2. The van der Waals surface area contributed by atoms with Gasteiger partial charge in [0.2, 0.25) is 6.79 Å². The number of amides is 1. The van der Waals surface area contributed by atoms with Crippen molar-refractivity contribution in [3.8, 4) is 11.5 Å². The van der Waals surface area contributed by atoms with E-state index in [-0.39, 0.29) is 18.9 Å². The van der Waals surface area contributed by atoms with Gasteiger partial charge in [-0.15, -0.1) is 11.3 Å². The van der Waals surface area contributed by atoms with Crippen molar-refractivity contribution < 1.29 is 14.3 Å². The van der Waals surface area contributed by atoms with Crippen molar-refractivity contribution in [2.24, 2.45) is 5.92 Å². The number of anilines is 1. The van der Waals surface area contributed by atoms with Gasteiger partial charge < -0.3 is 20.1 Å². The van der Waals surface area contributed by atoms with Gasteiger partial charge in [-0.25, -0.2) is 0 Å². The molecule has 0 fully saturated rings. The van der Waals surface area contributed by atoms with Gasteiger partial charge in [-0.05, 0) is 42.9 Å². The van der Waals surface area contributed by atoms with Crippen molar-refractivity contribution in [1.82, 2.24) is 5.32 Å². The second-order valence-corrected chi connectivity index (χ2v) is 8.79. The molecule has 2 N–H and O–H groups in total. The summed E-state index contributed by atoms with van der Waals surface area (Å²) in [6.45, 7) is 2.51. The summed E-state index contributed by atoms with van der Waals surface area (Å²) >= 11 is 5.32. The molecule has 1 amide bonds. The van der Waals surface area contributed by atoms with Crippen LogP contribution in [0.5, 0.6) is 11.5 Å². The first kappa shape index (κ1) is 15.5. The van der Waals surface area contributed by atoms with Crippen LogP contribution in [0.1, 0.15) is 45.9 Å². The average molecular weight is 421 g/mol. The van der Waals surface area contributed by atoms with Crippen LogP contribution in [0.2, 0.25) is 0 Å². The topological polar surface area (TPSA) is 59.6 Å². The summed E-state index contributed by atoms with van der Waals surface area (Å²) in [5.74, 6) is 2.13. The number of thiophene rings is 1. The Bertz CT molecular complexity index is 895. The minimum absolute atomic E-state index is 0.00960. The van der Waals surface area contributed by atoms with Crippen LogP contribution in [0, 0.1) is 5.92 Å². The van der Waals surface area contributed by atoms with Crippen LogP contribution in [0.3, 0.4) is 0 Å². The van der Waals surface area contributed by atoms with E-state index < -0.39 is 0 Å². The molecule has 2 aromatic rings. The Morgan fingerprint density at radius 1 is 1.24 bits per heavy atom. The molecular weight excluding hydrogens is 404 g/mol. The number of benzene rings is 1. The molecule has 5 nitrogen and oxygen atoms in total. The molecule has 0 unspecified atom stereocenters. The molecule has 3 aliphatic rings. The van der Waals surface area contributed by atoms with Crippen molar-refractivity contribution in [1.29, 1.82) is 0 Å². The Balaban J connectivity index is 1.52. The highest BCUT2D eigenvalue weighted by molar-refractivity contribution is 9.10. The minimum Gasteiger partial charge on any atom is -0.454 e. The van der Waals surface area contributed by atoms with Crippen LogP contribution in [0.25, 0.3) is 0 Å². The van der Waals surface area contributed by atoms with E-state index in [9.17, 15) is 4.79 Å². The fraction of sp³-hybridized carbons (Fsp3) is 0.389. The van der Waals surface area contributed by atoms with Crippen molar-refractivity contribution in [3.05, 3.63) is 38.2 Å². The first-order valence-electron chi connectivity index (χ1n) is 8.41. The molecule has 1 aromatic carbocycles. The third-order valence-corrected chi connectivity index (χ3v) is 6.96. The molecule has 0 bridgehead atoms. The smallest absolute Gasteiger partial charge is 0.256 e. The summed E-state index contributed by atoms with van der Waals surface area (Å²) in [5.41, 5.74) is 3.02. The second-order valence-electron chi connectivity index (χ2n) is 6.83. The highest BCUT2D eigenvalue weighted by atomic mass is 79.9. The predicted octanol–water partition coefficient (Wildman–Crippen LogP) is 4.22. The molecule has 2 aliphatic heterocycles. The largest absolute Gasteiger partial charge is 0.454 e. The van der Waals surface area contributed by atoms with Crippen LogP contribution in [-0.2, 0) is 12.8 Å². The fourth-order valence-corrected chi connectivity index (χ4v) is 5.76. The van der Waals surface area contributed by atoms with E-state index in [1.165, 1.54) is 10.4 Å². The van der Waals surface area contributed by atoms with E-state index in [4.69, 9.17) is 9.47 Å². The number of fused-ring (bicyclic) bond motifs is 4. The van der Waals surface area contributed by atoms with Gasteiger partial charge in [-0.2, -0.15) is 0 Å². The van der Waals surface area contributed by atoms with Gasteiger partial charge in [-0.1, -0.05) is 22.9 Å². The molecule has 2 atom stereocenters. The van der Waals surface area contributed by atoms with Gasteiger partial charge >= 0.3 is 0 Å². The minimum atomic E-state index is -0.290. The van der Waals surface area contributed by atoms with Gasteiger partial charge in [0, 0.05) is 14.9 Å². The van der Waals surface area contributed by atoms with Crippen LogP contribution in [0.15, 0.2) is 16.6 Å². The summed E-state index contributed by atoms with van der Waals surface area (Å²) in [7, 11) is 0. The molecule has 25 heavy (non-hydrogen) atoms. The quantitative estimate of drug-likeness (QED) is 0.724. The molecular formula is C18H17BrN2O3S. The maximum atomic E-state index is 12.8. The normalized spacial score (nSPS) is 23.5. The number of rotatable bonds is 1. The first-order valence-corrected chi connectivity index (χ1v) is 10.0. The molecule has 5 rings (SSSR count). The molecule has 7 heteroatoms. The lowest BCUT2D eigenvalue weighted by atomic mass is 9.88. The molecule has 0 spiro atoms. The maximum Gasteiger partial charge on any atom is 0.256 e. The van der Waals surface area contributed by atoms with E-state index in [0.717, 1.165) is 45.6 Å². The summed E-state index contributed by atoms with van der Waals surface area (Å²) in [5, 5.41) is 7.59. The average Bonchev–Trinajstić information content (AvgIpc) is 3.16. The third-order valence-electron chi connectivity index (χ3n) is 5.09. The van der Waals surface area contributed by atoms with E-state index in [1.807, 2.05) is 12.1 Å². The Morgan fingerprint density at radius 3 is 2.88 bits per heavy atom. The van der Waals surface area contributed by atoms with Gasteiger partial charge in [0.1, 0.15) is 11.2 Å². The summed E-state index contributed by atoms with van der Waals surface area (Å²) in [4.78, 5) is 14.2. The standard InChI is InChI=1S/C18H17BrN2O3S/c1-8-2-3-9-14(4-8)25-18-15(9)17(22)20-16(21-18)10-5-12-13(6-11(10)19)24-7-23-12/h5-6,8,16,21H,2-4,7H2,1H3,(H,20,22)/t8-,16+/m0/s1. The number of carbonyl (C=O) groups is 1. The SMILES string of the molecule is C[C@H]1CCc2c(sc3c2C(=O)N[C@@H](c2cc4c(cc2Br)OCO4)N3)C1. The number of ether oxygens (including phenoxy) is 2. The monoisotopic (exact) mass is 420 g/mol. The van der Waals surface area contributed by atoms with E-state index in [0.29, 0.717) is 11.7 Å². The second kappa shape index (κ2) is 5.64. The van der Waals surface area contributed by atoms with E-state index in [1.54, 1.807) is 11.3 Å². The summed E-state index contributed by atoms with van der Waals surface area (Å²) in [6, 6.07) is 3.81. The van der Waals surface area contributed by atoms with E-state index in [2.05, 4.69) is 33.5 Å². The molecule has 3 heterocycles. The summed E-state index contributed by atoms with van der Waals surface area (Å²) < 4.78 is 11.8. The zero-order chi connectivity index (χ0) is 17.1. The number of hydrogen-bond donors (Lipinski definition) is 2. The molecule has 0 saturated carbocycles. The van der Waals surface area contributed by atoms with Crippen molar-refractivity contribution in [2.75, 3.05) is 12.1 Å². The van der Waals surface area contributed by atoms with Crippen LogP contribution in [-0.4, -0.2) is 12.7 Å². The van der Waals surface area contributed by atoms with Crippen LogP contribution >= 0.6 is 27.3 Å². The lowest BCUT2D eigenvalue weighted by Gasteiger charge is -2.27. The number of halogens is 1.